The third-order valence-corrected chi connectivity index (χ3v) is 5.03. The number of aromatic nitrogens is 4. The molecule has 1 aliphatic heterocycles. The van der Waals surface area contributed by atoms with Crippen molar-refractivity contribution in [2.75, 3.05) is 36.0 Å². The first-order chi connectivity index (χ1) is 12.0. The van der Waals surface area contributed by atoms with Gasteiger partial charge in [0.25, 0.3) is 5.56 Å². The molecular weight excluding hydrogens is 323 g/mol. The van der Waals surface area contributed by atoms with E-state index in [1.165, 1.54) is 0 Å². The molecule has 0 radical (unpaired) electrons. The number of hydrogen-bond acceptors (Lipinski definition) is 6. The van der Waals surface area contributed by atoms with Crippen LogP contribution in [0.5, 0.6) is 0 Å². The summed E-state index contributed by atoms with van der Waals surface area (Å²) in [5, 5.41) is 0. The number of nitrogens with zero attached hydrogens (tertiary/aromatic N) is 5. The van der Waals surface area contributed by atoms with E-state index in [1.54, 1.807) is 6.33 Å². The molecule has 3 heterocycles. The molecular formula is C17H21FN6O. The monoisotopic (exact) mass is 344 g/mol. The Morgan fingerprint density at radius 1 is 1.12 bits per heavy atom. The van der Waals surface area contributed by atoms with Crippen molar-refractivity contribution in [2.45, 2.75) is 32.6 Å². The quantitative estimate of drug-likeness (QED) is 0.910. The highest BCUT2D eigenvalue weighted by Crippen LogP contribution is 2.39. The normalized spacial score (nSPS) is 17.9. The van der Waals surface area contributed by atoms with Gasteiger partial charge in [-0.25, -0.2) is 15.0 Å². The van der Waals surface area contributed by atoms with Crippen LogP contribution in [0.4, 0.5) is 16.2 Å². The van der Waals surface area contributed by atoms with Crippen molar-refractivity contribution in [3.05, 3.63) is 39.4 Å². The van der Waals surface area contributed by atoms with Gasteiger partial charge in [0.2, 0.25) is 11.8 Å². The van der Waals surface area contributed by atoms with Crippen LogP contribution in [0, 0.1) is 19.7 Å². The molecule has 8 heteroatoms. The molecule has 0 unspecified atom stereocenters. The maximum atomic E-state index is 14.0. The number of piperazine rings is 1. The molecule has 1 saturated carbocycles. The van der Waals surface area contributed by atoms with Crippen LogP contribution in [-0.2, 0) is 0 Å². The molecule has 0 bridgehead atoms. The number of rotatable bonds is 3. The van der Waals surface area contributed by atoms with E-state index in [-0.39, 0.29) is 5.92 Å². The number of hydrogen-bond donors (Lipinski definition) is 1. The summed E-state index contributed by atoms with van der Waals surface area (Å²) in [7, 11) is 0. The lowest BCUT2D eigenvalue weighted by Gasteiger charge is -2.36. The molecule has 0 amide bonds. The molecule has 2 aromatic rings. The molecule has 1 N–H and O–H groups in total. The van der Waals surface area contributed by atoms with Gasteiger partial charge >= 0.3 is 0 Å². The van der Waals surface area contributed by atoms with Crippen LogP contribution in [-0.4, -0.2) is 46.1 Å². The summed E-state index contributed by atoms with van der Waals surface area (Å²) in [6.45, 7) is 6.91. The van der Waals surface area contributed by atoms with Gasteiger partial charge in [-0.1, -0.05) is 0 Å². The molecule has 25 heavy (non-hydrogen) atoms. The largest absolute Gasteiger partial charge is 0.353 e. The zero-order valence-corrected chi connectivity index (χ0v) is 14.4. The van der Waals surface area contributed by atoms with Gasteiger partial charge < -0.3 is 9.80 Å². The standard InChI is InChI=1S/C17H21FN6O/c1-10-11(2)19-9-20-15(10)23-5-7-24(8-6-23)17-21-14(12-3-4-12)13(18)16(25)22-17/h9,12H,3-8H2,1-2H3,(H,21,22,25). The number of H-pyrrole nitrogens is 1. The molecule has 132 valence electrons. The van der Waals surface area contributed by atoms with Crippen molar-refractivity contribution in [1.29, 1.82) is 0 Å². The Kier molecular flexibility index (Phi) is 3.89. The van der Waals surface area contributed by atoms with E-state index in [1.807, 2.05) is 18.7 Å². The fraction of sp³-hybridized carbons (Fsp3) is 0.529. The maximum absolute atomic E-state index is 14.0. The Morgan fingerprint density at radius 2 is 1.80 bits per heavy atom. The van der Waals surface area contributed by atoms with E-state index in [4.69, 9.17) is 0 Å². The summed E-state index contributed by atoms with van der Waals surface area (Å²) in [6, 6.07) is 0. The first kappa shape index (κ1) is 16.0. The Balaban J connectivity index is 1.52. The smallest absolute Gasteiger partial charge is 0.288 e. The van der Waals surface area contributed by atoms with Crippen LogP contribution < -0.4 is 15.4 Å². The van der Waals surface area contributed by atoms with E-state index in [0.29, 0.717) is 24.7 Å². The van der Waals surface area contributed by atoms with Crippen molar-refractivity contribution in [3.8, 4) is 0 Å². The van der Waals surface area contributed by atoms with Crippen molar-refractivity contribution >= 4 is 11.8 Å². The molecule has 1 saturated heterocycles. The fourth-order valence-corrected chi connectivity index (χ4v) is 3.22. The zero-order chi connectivity index (χ0) is 17.6. The lowest BCUT2D eigenvalue weighted by Crippen LogP contribution is -2.48. The summed E-state index contributed by atoms with van der Waals surface area (Å²) in [4.78, 5) is 31.7. The summed E-state index contributed by atoms with van der Waals surface area (Å²) < 4.78 is 14.0. The average Bonchev–Trinajstić information content (AvgIpc) is 3.45. The Morgan fingerprint density at radius 3 is 2.48 bits per heavy atom. The van der Waals surface area contributed by atoms with Crippen LogP contribution in [0.2, 0.25) is 0 Å². The third kappa shape index (κ3) is 2.96. The van der Waals surface area contributed by atoms with Crippen LogP contribution in [0.1, 0.15) is 35.7 Å². The minimum absolute atomic E-state index is 0.106. The van der Waals surface area contributed by atoms with Gasteiger partial charge in [-0.15, -0.1) is 0 Å². The number of anilines is 2. The van der Waals surface area contributed by atoms with Crippen molar-refractivity contribution in [2.24, 2.45) is 0 Å². The number of halogens is 1. The lowest BCUT2D eigenvalue weighted by molar-refractivity contribution is 0.570. The highest BCUT2D eigenvalue weighted by atomic mass is 19.1. The van der Waals surface area contributed by atoms with Gasteiger partial charge in [0, 0.05) is 43.4 Å². The Hall–Kier alpha value is -2.51. The van der Waals surface area contributed by atoms with E-state index in [9.17, 15) is 9.18 Å². The minimum atomic E-state index is -0.725. The van der Waals surface area contributed by atoms with Crippen LogP contribution in [0.3, 0.4) is 0 Å². The predicted molar refractivity (Wildman–Crippen MR) is 92.7 cm³/mol. The van der Waals surface area contributed by atoms with Crippen molar-refractivity contribution < 1.29 is 4.39 Å². The topological polar surface area (TPSA) is 78.0 Å². The zero-order valence-electron chi connectivity index (χ0n) is 14.4. The highest BCUT2D eigenvalue weighted by molar-refractivity contribution is 5.49. The van der Waals surface area contributed by atoms with Gasteiger partial charge in [0.1, 0.15) is 12.1 Å². The number of nitrogens with one attached hydrogen (secondary N) is 1. The molecule has 0 spiro atoms. The molecule has 2 aromatic heterocycles. The van der Waals surface area contributed by atoms with Crippen LogP contribution in [0.15, 0.2) is 11.1 Å². The highest BCUT2D eigenvalue weighted by Gasteiger charge is 2.31. The first-order valence-electron chi connectivity index (χ1n) is 8.62. The molecule has 4 rings (SSSR count). The molecule has 7 nitrogen and oxygen atoms in total. The first-order valence-corrected chi connectivity index (χ1v) is 8.62. The molecule has 1 aliphatic carbocycles. The van der Waals surface area contributed by atoms with Gasteiger partial charge in [-0.05, 0) is 26.7 Å². The van der Waals surface area contributed by atoms with Gasteiger partial charge in [-0.3, -0.25) is 9.78 Å². The van der Waals surface area contributed by atoms with Crippen molar-refractivity contribution in [1.82, 2.24) is 19.9 Å². The molecule has 2 fully saturated rings. The van der Waals surface area contributed by atoms with Crippen LogP contribution in [0.25, 0.3) is 0 Å². The van der Waals surface area contributed by atoms with E-state index >= 15 is 0 Å². The number of aromatic amines is 1. The Labute approximate surface area is 144 Å². The second-order valence-electron chi connectivity index (χ2n) is 6.74. The predicted octanol–water partition coefficient (Wildman–Crippen LogP) is 1.52. The van der Waals surface area contributed by atoms with Crippen LogP contribution >= 0.6 is 0 Å². The Bertz CT molecular complexity index is 855. The molecule has 2 aliphatic rings. The summed E-state index contributed by atoms with van der Waals surface area (Å²) in [6.07, 6.45) is 3.41. The van der Waals surface area contributed by atoms with Crippen molar-refractivity contribution in [3.63, 3.8) is 0 Å². The van der Waals surface area contributed by atoms with E-state index < -0.39 is 11.4 Å². The fourth-order valence-electron chi connectivity index (χ4n) is 3.22. The maximum Gasteiger partial charge on any atom is 0.288 e. The van der Waals surface area contributed by atoms with E-state index in [0.717, 1.165) is 43.0 Å². The summed E-state index contributed by atoms with van der Waals surface area (Å²) in [5.41, 5.74) is 1.71. The molecule has 0 aromatic carbocycles. The second kappa shape index (κ2) is 6.09. The second-order valence-corrected chi connectivity index (χ2v) is 6.74. The lowest BCUT2D eigenvalue weighted by atomic mass is 10.2. The minimum Gasteiger partial charge on any atom is -0.353 e. The van der Waals surface area contributed by atoms with Gasteiger partial charge in [-0.2, -0.15) is 4.39 Å². The van der Waals surface area contributed by atoms with Gasteiger partial charge in [0.05, 0.1) is 5.69 Å². The third-order valence-electron chi connectivity index (χ3n) is 5.03. The SMILES string of the molecule is Cc1ncnc(N2CCN(c3nc(C4CC4)c(F)c(=O)[nH]3)CC2)c1C. The van der Waals surface area contributed by atoms with Gasteiger partial charge in [0.15, 0.2) is 0 Å². The number of aryl methyl sites for hydroxylation is 1. The van der Waals surface area contributed by atoms with E-state index in [2.05, 4.69) is 24.8 Å². The molecule has 0 atom stereocenters. The average molecular weight is 344 g/mol. The summed E-state index contributed by atoms with van der Waals surface area (Å²) in [5.74, 6) is 0.806. The summed E-state index contributed by atoms with van der Waals surface area (Å²) >= 11 is 0.